The Morgan fingerprint density at radius 1 is 1.14 bits per heavy atom. The molecule has 1 aromatic carbocycles. The summed E-state index contributed by atoms with van der Waals surface area (Å²) >= 11 is 0. The van der Waals surface area contributed by atoms with Gasteiger partial charge in [-0.3, -0.25) is 0 Å². The van der Waals surface area contributed by atoms with Crippen LogP contribution in [0.25, 0.3) is 10.9 Å². The van der Waals surface area contributed by atoms with Crippen molar-refractivity contribution in [1.29, 1.82) is 0 Å². The quantitative estimate of drug-likeness (QED) is 0.723. The zero-order valence-corrected chi connectivity index (χ0v) is 12.5. The first-order valence-corrected chi connectivity index (χ1v) is 7.58. The number of hydrogen-bond acceptors (Lipinski definition) is 2. The molecule has 1 aliphatic rings. The molecule has 2 heterocycles. The second kappa shape index (κ2) is 4.69. The summed E-state index contributed by atoms with van der Waals surface area (Å²) in [7, 11) is 0. The summed E-state index contributed by atoms with van der Waals surface area (Å²) in [6.07, 6.45) is 8.41. The SMILES string of the molecule is Cc1cncnc1C(C1CC1)n1ccc2cccc(C)c21. The van der Waals surface area contributed by atoms with E-state index in [0.29, 0.717) is 12.0 Å². The second-order valence-electron chi connectivity index (χ2n) is 6.11. The van der Waals surface area contributed by atoms with E-state index in [-0.39, 0.29) is 0 Å². The van der Waals surface area contributed by atoms with Gasteiger partial charge in [-0.25, -0.2) is 9.97 Å². The van der Waals surface area contributed by atoms with Crippen LogP contribution in [-0.4, -0.2) is 14.5 Å². The normalized spacial score (nSPS) is 16.3. The lowest BCUT2D eigenvalue weighted by atomic mass is 10.0. The molecule has 0 aliphatic heterocycles. The number of rotatable bonds is 3. The summed E-state index contributed by atoms with van der Waals surface area (Å²) in [5.74, 6) is 0.703. The molecular formula is C18H19N3. The van der Waals surface area contributed by atoms with Crippen LogP contribution in [0.1, 0.15) is 35.7 Å². The van der Waals surface area contributed by atoms with Crippen LogP contribution in [0.15, 0.2) is 43.0 Å². The smallest absolute Gasteiger partial charge is 0.115 e. The number of aromatic nitrogens is 3. The fraction of sp³-hybridized carbons (Fsp3) is 0.333. The molecule has 1 atom stereocenters. The van der Waals surface area contributed by atoms with Gasteiger partial charge in [-0.2, -0.15) is 0 Å². The minimum absolute atomic E-state index is 0.339. The van der Waals surface area contributed by atoms with E-state index in [1.54, 1.807) is 6.33 Å². The Hall–Kier alpha value is -2.16. The number of nitrogens with zero attached hydrogens (tertiary/aromatic N) is 3. The number of hydrogen-bond donors (Lipinski definition) is 0. The highest BCUT2D eigenvalue weighted by molar-refractivity contribution is 5.83. The van der Waals surface area contributed by atoms with E-state index >= 15 is 0 Å². The molecule has 0 amide bonds. The number of fused-ring (bicyclic) bond motifs is 1. The molecule has 0 N–H and O–H groups in total. The van der Waals surface area contributed by atoms with Crippen molar-refractivity contribution in [3.63, 3.8) is 0 Å². The highest BCUT2D eigenvalue weighted by atomic mass is 15.0. The number of aryl methyl sites for hydroxylation is 2. The van der Waals surface area contributed by atoms with Gasteiger partial charge < -0.3 is 4.57 Å². The molecule has 3 nitrogen and oxygen atoms in total. The first-order valence-electron chi connectivity index (χ1n) is 7.58. The zero-order chi connectivity index (χ0) is 14.4. The standard InChI is InChI=1S/C18H19N3/c1-12-4-3-5-14-8-9-21(17(12)14)18(15-6-7-15)16-13(2)10-19-11-20-16/h3-5,8-11,15,18H,6-7H2,1-2H3. The molecule has 106 valence electrons. The molecular weight excluding hydrogens is 258 g/mol. The Balaban J connectivity index is 1.93. The number of benzene rings is 1. The van der Waals surface area contributed by atoms with Gasteiger partial charge in [0.1, 0.15) is 6.33 Å². The molecule has 1 saturated carbocycles. The third kappa shape index (κ3) is 2.04. The number of para-hydroxylation sites is 1. The molecule has 21 heavy (non-hydrogen) atoms. The maximum Gasteiger partial charge on any atom is 0.115 e. The molecule has 0 bridgehead atoms. The molecule has 0 spiro atoms. The van der Waals surface area contributed by atoms with Crippen molar-refractivity contribution in [1.82, 2.24) is 14.5 Å². The third-order valence-corrected chi connectivity index (χ3v) is 4.53. The summed E-state index contributed by atoms with van der Waals surface area (Å²) in [6.45, 7) is 4.30. The van der Waals surface area contributed by atoms with Gasteiger partial charge in [-0.1, -0.05) is 18.2 Å². The van der Waals surface area contributed by atoms with E-state index in [9.17, 15) is 0 Å². The highest BCUT2D eigenvalue weighted by Gasteiger charge is 2.35. The molecule has 3 heteroatoms. The Morgan fingerprint density at radius 2 is 2.00 bits per heavy atom. The molecule has 1 fully saturated rings. The van der Waals surface area contributed by atoms with E-state index in [1.807, 2.05) is 6.20 Å². The lowest BCUT2D eigenvalue weighted by Gasteiger charge is -2.21. The van der Waals surface area contributed by atoms with Crippen LogP contribution < -0.4 is 0 Å². The molecule has 4 rings (SSSR count). The average molecular weight is 277 g/mol. The van der Waals surface area contributed by atoms with Crippen molar-refractivity contribution in [3.8, 4) is 0 Å². The van der Waals surface area contributed by atoms with Crippen molar-refractivity contribution >= 4 is 10.9 Å². The maximum absolute atomic E-state index is 4.60. The van der Waals surface area contributed by atoms with E-state index in [2.05, 4.69) is 58.8 Å². The summed E-state index contributed by atoms with van der Waals surface area (Å²) in [4.78, 5) is 8.75. The average Bonchev–Trinajstić information content (AvgIpc) is 3.22. The molecule has 3 aromatic rings. The Bertz CT molecular complexity index is 799. The van der Waals surface area contributed by atoms with E-state index in [0.717, 1.165) is 0 Å². The molecule has 2 aromatic heterocycles. The lowest BCUT2D eigenvalue weighted by Crippen LogP contribution is -2.15. The fourth-order valence-corrected chi connectivity index (χ4v) is 3.35. The Labute approximate surface area is 124 Å². The van der Waals surface area contributed by atoms with E-state index in [4.69, 9.17) is 0 Å². The van der Waals surface area contributed by atoms with Gasteiger partial charge in [0.25, 0.3) is 0 Å². The molecule has 1 aliphatic carbocycles. The van der Waals surface area contributed by atoms with Gasteiger partial charge in [0.05, 0.1) is 17.3 Å². The van der Waals surface area contributed by atoms with Crippen molar-refractivity contribution in [2.75, 3.05) is 0 Å². The van der Waals surface area contributed by atoms with Gasteiger partial charge >= 0.3 is 0 Å². The van der Waals surface area contributed by atoms with Crippen LogP contribution in [0.5, 0.6) is 0 Å². The van der Waals surface area contributed by atoms with Crippen molar-refractivity contribution in [3.05, 3.63) is 59.8 Å². The van der Waals surface area contributed by atoms with Crippen LogP contribution in [0.4, 0.5) is 0 Å². The first-order chi connectivity index (χ1) is 10.3. The fourth-order valence-electron chi connectivity index (χ4n) is 3.35. The van der Waals surface area contributed by atoms with Crippen LogP contribution in [0, 0.1) is 19.8 Å². The van der Waals surface area contributed by atoms with Gasteiger partial charge in [0.15, 0.2) is 0 Å². The summed E-state index contributed by atoms with van der Waals surface area (Å²) in [6, 6.07) is 9.07. The summed E-state index contributed by atoms with van der Waals surface area (Å²) in [5.41, 5.74) is 5.03. The molecule has 1 unspecified atom stereocenters. The highest BCUT2D eigenvalue weighted by Crippen LogP contribution is 2.45. The summed E-state index contributed by atoms with van der Waals surface area (Å²) < 4.78 is 2.43. The van der Waals surface area contributed by atoms with Gasteiger partial charge in [0, 0.05) is 12.4 Å². The van der Waals surface area contributed by atoms with Crippen LogP contribution in [-0.2, 0) is 0 Å². The van der Waals surface area contributed by atoms with Crippen LogP contribution >= 0.6 is 0 Å². The Morgan fingerprint density at radius 3 is 2.76 bits per heavy atom. The first kappa shape index (κ1) is 12.6. The largest absolute Gasteiger partial charge is 0.338 e. The van der Waals surface area contributed by atoms with Crippen LogP contribution in [0.2, 0.25) is 0 Å². The predicted molar refractivity (Wildman–Crippen MR) is 84.3 cm³/mol. The predicted octanol–water partition coefficient (Wildman–Crippen LogP) is 4.05. The lowest BCUT2D eigenvalue weighted by molar-refractivity contribution is 0.517. The van der Waals surface area contributed by atoms with Crippen molar-refractivity contribution < 1.29 is 0 Å². The van der Waals surface area contributed by atoms with Gasteiger partial charge in [-0.15, -0.1) is 0 Å². The van der Waals surface area contributed by atoms with Crippen molar-refractivity contribution in [2.45, 2.75) is 32.7 Å². The van der Waals surface area contributed by atoms with Gasteiger partial charge in [0.2, 0.25) is 0 Å². The van der Waals surface area contributed by atoms with Crippen LogP contribution in [0.3, 0.4) is 0 Å². The second-order valence-corrected chi connectivity index (χ2v) is 6.11. The van der Waals surface area contributed by atoms with E-state index in [1.165, 1.54) is 40.6 Å². The Kier molecular flexibility index (Phi) is 2.81. The topological polar surface area (TPSA) is 30.7 Å². The zero-order valence-electron chi connectivity index (χ0n) is 12.5. The monoisotopic (exact) mass is 277 g/mol. The molecule has 0 saturated heterocycles. The minimum Gasteiger partial charge on any atom is -0.338 e. The minimum atomic E-state index is 0.339. The maximum atomic E-state index is 4.60. The van der Waals surface area contributed by atoms with Crippen molar-refractivity contribution in [2.24, 2.45) is 5.92 Å². The summed E-state index contributed by atoms with van der Waals surface area (Å²) in [5, 5.41) is 1.31. The molecule has 0 radical (unpaired) electrons. The van der Waals surface area contributed by atoms with E-state index < -0.39 is 0 Å². The van der Waals surface area contributed by atoms with Gasteiger partial charge in [-0.05, 0) is 55.2 Å². The third-order valence-electron chi connectivity index (χ3n) is 4.53.